The maximum atomic E-state index is 12.8. The molecule has 2 saturated heterocycles. The van der Waals surface area contributed by atoms with Crippen LogP contribution in [0.3, 0.4) is 0 Å². The van der Waals surface area contributed by atoms with Gasteiger partial charge in [0.15, 0.2) is 6.04 Å². The Morgan fingerprint density at radius 3 is 2.57 bits per heavy atom. The summed E-state index contributed by atoms with van der Waals surface area (Å²) < 4.78 is 5.21. The summed E-state index contributed by atoms with van der Waals surface area (Å²) in [7, 11) is 1.66. The van der Waals surface area contributed by atoms with Gasteiger partial charge >= 0.3 is 0 Å². The van der Waals surface area contributed by atoms with Gasteiger partial charge in [-0.15, -0.1) is 0 Å². The summed E-state index contributed by atoms with van der Waals surface area (Å²) >= 11 is 0. The molecule has 3 fully saturated rings. The number of methoxy groups -OCH3 is 1. The molecule has 152 valence electrons. The number of carbonyl (C=O) groups is 2. The Balaban J connectivity index is 1.28. The molecule has 1 saturated carbocycles. The van der Waals surface area contributed by atoms with Crippen LogP contribution in [0.4, 0.5) is 5.69 Å². The Morgan fingerprint density at radius 1 is 1.14 bits per heavy atom. The first kappa shape index (κ1) is 19.1. The number of benzene rings is 1. The van der Waals surface area contributed by atoms with E-state index < -0.39 is 0 Å². The molecular formula is C21H31N4O3+. The normalized spacial score (nSPS) is 27.8. The van der Waals surface area contributed by atoms with Crippen molar-refractivity contribution in [3.05, 3.63) is 24.3 Å². The highest BCUT2D eigenvalue weighted by atomic mass is 16.5. The standard InChI is InChI=1S/C21H30N4O3/c1-28-16-8-6-15(7-9-16)24-10-12-25(13-11-24)20(26)14-19-21(27)23-18-5-3-2-4-17(18)22-19/h6-9,17-19,22H,2-5,10-14H2,1H3,(H,23,27)/p+1/t17-,18+,19+/m1/s1. The lowest BCUT2D eigenvalue weighted by molar-refractivity contribution is -0.718. The predicted octanol–water partition coefficient (Wildman–Crippen LogP) is 0.107. The van der Waals surface area contributed by atoms with Gasteiger partial charge in [0.2, 0.25) is 5.91 Å². The van der Waals surface area contributed by atoms with Crippen LogP contribution in [-0.2, 0) is 9.59 Å². The van der Waals surface area contributed by atoms with E-state index in [1.54, 1.807) is 7.11 Å². The zero-order valence-electron chi connectivity index (χ0n) is 16.6. The van der Waals surface area contributed by atoms with Crippen molar-refractivity contribution in [3.63, 3.8) is 0 Å². The number of nitrogens with zero attached hydrogens (tertiary/aromatic N) is 2. The van der Waals surface area contributed by atoms with Gasteiger partial charge in [-0.05, 0) is 37.1 Å². The Kier molecular flexibility index (Phi) is 5.71. The number of nitrogens with one attached hydrogen (secondary N) is 1. The van der Waals surface area contributed by atoms with Crippen LogP contribution in [0, 0.1) is 0 Å². The van der Waals surface area contributed by atoms with Crippen LogP contribution in [-0.4, -0.2) is 68.1 Å². The molecule has 2 amide bonds. The third-order valence-corrected chi connectivity index (χ3v) is 6.43. The number of hydrogen-bond acceptors (Lipinski definition) is 4. The monoisotopic (exact) mass is 387 g/mol. The van der Waals surface area contributed by atoms with Crippen LogP contribution < -0.4 is 20.3 Å². The maximum absolute atomic E-state index is 12.8. The summed E-state index contributed by atoms with van der Waals surface area (Å²) in [5, 5.41) is 5.32. The average Bonchev–Trinajstić information content (AvgIpc) is 2.74. The van der Waals surface area contributed by atoms with Crippen molar-refractivity contribution in [1.82, 2.24) is 10.2 Å². The van der Waals surface area contributed by atoms with E-state index in [2.05, 4.69) is 27.7 Å². The topological polar surface area (TPSA) is 78.5 Å². The molecule has 0 unspecified atom stereocenters. The minimum atomic E-state index is -0.272. The third-order valence-electron chi connectivity index (χ3n) is 6.43. The number of anilines is 1. The molecule has 1 aliphatic carbocycles. The molecule has 7 nitrogen and oxygen atoms in total. The fraction of sp³-hybridized carbons (Fsp3) is 0.619. The second-order valence-corrected chi connectivity index (χ2v) is 8.13. The van der Waals surface area contributed by atoms with Crippen LogP contribution in [0.5, 0.6) is 5.75 Å². The molecule has 0 aromatic heterocycles. The molecule has 0 spiro atoms. The van der Waals surface area contributed by atoms with Crippen molar-refractivity contribution in [2.75, 3.05) is 38.2 Å². The van der Waals surface area contributed by atoms with Gasteiger partial charge < -0.3 is 25.2 Å². The Hall–Kier alpha value is -2.28. The summed E-state index contributed by atoms with van der Waals surface area (Å²) in [6.45, 7) is 3.02. The van der Waals surface area contributed by atoms with Crippen molar-refractivity contribution in [2.24, 2.45) is 0 Å². The van der Waals surface area contributed by atoms with Gasteiger partial charge in [0, 0.05) is 38.3 Å². The number of rotatable bonds is 4. The first-order valence-corrected chi connectivity index (χ1v) is 10.5. The maximum Gasteiger partial charge on any atom is 0.279 e. The molecule has 0 bridgehead atoms. The number of amides is 2. The van der Waals surface area contributed by atoms with Crippen molar-refractivity contribution in [2.45, 2.75) is 50.2 Å². The van der Waals surface area contributed by atoms with E-state index in [4.69, 9.17) is 4.74 Å². The molecule has 1 aromatic rings. The van der Waals surface area contributed by atoms with E-state index in [-0.39, 0.29) is 17.9 Å². The van der Waals surface area contributed by atoms with Crippen molar-refractivity contribution < 1.29 is 19.6 Å². The van der Waals surface area contributed by atoms with Gasteiger partial charge in [0.25, 0.3) is 5.91 Å². The van der Waals surface area contributed by atoms with E-state index in [0.29, 0.717) is 31.6 Å². The van der Waals surface area contributed by atoms with Gasteiger partial charge in [-0.2, -0.15) is 0 Å². The second-order valence-electron chi connectivity index (χ2n) is 8.13. The number of nitrogens with two attached hydrogens (primary N) is 1. The number of hydrogen-bond donors (Lipinski definition) is 2. The molecule has 0 radical (unpaired) electrons. The average molecular weight is 388 g/mol. The van der Waals surface area contributed by atoms with Gasteiger partial charge in [-0.3, -0.25) is 9.59 Å². The second kappa shape index (κ2) is 8.39. The fourth-order valence-corrected chi connectivity index (χ4v) is 4.73. The van der Waals surface area contributed by atoms with Gasteiger partial charge in [-0.1, -0.05) is 6.42 Å². The van der Waals surface area contributed by atoms with Gasteiger partial charge in [0.1, 0.15) is 11.8 Å². The Morgan fingerprint density at radius 2 is 1.86 bits per heavy atom. The van der Waals surface area contributed by atoms with Crippen LogP contribution in [0.25, 0.3) is 0 Å². The van der Waals surface area contributed by atoms with Crippen LogP contribution >= 0.6 is 0 Å². The van der Waals surface area contributed by atoms with E-state index in [9.17, 15) is 9.59 Å². The van der Waals surface area contributed by atoms with Crippen molar-refractivity contribution >= 4 is 17.5 Å². The third kappa shape index (κ3) is 4.09. The largest absolute Gasteiger partial charge is 0.497 e. The molecule has 3 aliphatic rings. The Labute approximate surface area is 166 Å². The van der Waals surface area contributed by atoms with E-state index in [0.717, 1.165) is 37.4 Å². The molecule has 3 N–H and O–H groups in total. The summed E-state index contributed by atoms with van der Waals surface area (Å²) in [4.78, 5) is 29.4. The highest BCUT2D eigenvalue weighted by molar-refractivity contribution is 5.87. The SMILES string of the molecule is COc1ccc(N2CCN(C(=O)C[C@@H]3[NH2+][C@@H]4CCCC[C@@H]4NC3=O)CC2)cc1. The smallest absolute Gasteiger partial charge is 0.279 e. The molecule has 7 heteroatoms. The highest BCUT2D eigenvalue weighted by Gasteiger charge is 2.41. The van der Waals surface area contributed by atoms with E-state index in [1.807, 2.05) is 17.0 Å². The molecular weight excluding hydrogens is 356 g/mol. The molecule has 1 aromatic carbocycles. The van der Waals surface area contributed by atoms with Crippen LogP contribution in [0.15, 0.2) is 24.3 Å². The number of fused-ring (bicyclic) bond motifs is 1. The van der Waals surface area contributed by atoms with Crippen LogP contribution in [0.2, 0.25) is 0 Å². The molecule has 28 heavy (non-hydrogen) atoms. The zero-order valence-corrected chi connectivity index (χ0v) is 16.6. The summed E-state index contributed by atoms with van der Waals surface area (Å²) in [6, 6.07) is 8.49. The highest BCUT2D eigenvalue weighted by Crippen LogP contribution is 2.21. The summed E-state index contributed by atoms with van der Waals surface area (Å²) in [5.41, 5.74) is 1.15. The minimum Gasteiger partial charge on any atom is -0.497 e. The Bertz CT molecular complexity index is 700. The quantitative estimate of drug-likeness (QED) is 0.769. The lowest BCUT2D eigenvalue weighted by Gasteiger charge is -2.39. The van der Waals surface area contributed by atoms with Gasteiger partial charge in [-0.25, -0.2) is 0 Å². The molecule has 4 rings (SSSR count). The molecule has 3 atom stereocenters. The van der Waals surface area contributed by atoms with Crippen molar-refractivity contribution in [3.8, 4) is 5.75 Å². The zero-order chi connectivity index (χ0) is 19.5. The number of piperazine rings is 2. The van der Waals surface area contributed by atoms with E-state index in [1.165, 1.54) is 12.8 Å². The number of ether oxygens (including phenoxy) is 1. The molecule has 2 aliphatic heterocycles. The first-order chi connectivity index (χ1) is 13.6. The summed E-state index contributed by atoms with van der Waals surface area (Å²) in [5.74, 6) is 0.980. The van der Waals surface area contributed by atoms with E-state index >= 15 is 0 Å². The minimum absolute atomic E-state index is 0.0355. The molecule has 2 heterocycles. The fourth-order valence-electron chi connectivity index (χ4n) is 4.73. The number of carbonyl (C=O) groups excluding carboxylic acids is 2. The van der Waals surface area contributed by atoms with Gasteiger partial charge in [0.05, 0.1) is 19.6 Å². The summed E-state index contributed by atoms with van der Waals surface area (Å²) in [6.07, 6.45) is 4.92. The van der Waals surface area contributed by atoms with Crippen LogP contribution in [0.1, 0.15) is 32.1 Å². The lowest BCUT2D eigenvalue weighted by Crippen LogP contribution is -3.03. The predicted molar refractivity (Wildman–Crippen MR) is 106 cm³/mol. The number of quaternary nitrogens is 1. The van der Waals surface area contributed by atoms with Crippen molar-refractivity contribution in [1.29, 1.82) is 0 Å². The lowest BCUT2D eigenvalue weighted by atomic mass is 9.87. The first-order valence-electron chi connectivity index (χ1n) is 10.5.